The molecule has 0 aliphatic carbocycles. The van der Waals surface area contributed by atoms with Crippen molar-refractivity contribution in [2.24, 2.45) is 5.73 Å². The Hall–Kier alpha value is -2.33. The van der Waals surface area contributed by atoms with E-state index in [0.29, 0.717) is 12.3 Å². The lowest BCUT2D eigenvalue weighted by molar-refractivity contribution is -0.149. The quantitative estimate of drug-likeness (QED) is 0.828. The number of methoxy groups -OCH3 is 1. The second-order valence-corrected chi connectivity index (χ2v) is 4.61. The number of ether oxygens (including phenoxy) is 2. The van der Waals surface area contributed by atoms with Gasteiger partial charge in [0.05, 0.1) is 7.11 Å². The molecule has 0 spiro atoms. The largest absolute Gasteiger partial charge is 0.474 e. The van der Waals surface area contributed by atoms with Gasteiger partial charge < -0.3 is 15.2 Å². The van der Waals surface area contributed by atoms with E-state index in [0.717, 1.165) is 17.5 Å². The topological polar surface area (TPSA) is 61.5 Å². The van der Waals surface area contributed by atoms with Crippen LogP contribution < -0.4 is 10.5 Å². The monoisotopic (exact) mass is 285 g/mol. The lowest BCUT2D eigenvalue weighted by atomic mass is 10.1. The molecule has 1 unspecified atom stereocenters. The highest BCUT2D eigenvalue weighted by molar-refractivity contribution is 5.76. The number of hydrogen-bond donors (Lipinski definition) is 1. The van der Waals surface area contributed by atoms with E-state index < -0.39 is 12.1 Å². The van der Waals surface area contributed by atoms with Gasteiger partial charge in [0.15, 0.2) is 0 Å². The van der Waals surface area contributed by atoms with Gasteiger partial charge in [-0.25, -0.2) is 4.79 Å². The van der Waals surface area contributed by atoms with Crippen LogP contribution in [0, 0.1) is 0 Å². The molecule has 0 saturated carbocycles. The van der Waals surface area contributed by atoms with Crippen molar-refractivity contribution in [3.8, 4) is 5.75 Å². The summed E-state index contributed by atoms with van der Waals surface area (Å²) >= 11 is 0. The highest BCUT2D eigenvalue weighted by Gasteiger charge is 2.23. The molecule has 4 heteroatoms. The molecular weight excluding hydrogens is 266 g/mol. The van der Waals surface area contributed by atoms with Gasteiger partial charge in [0, 0.05) is 5.56 Å². The lowest BCUT2D eigenvalue weighted by Gasteiger charge is -2.17. The predicted molar refractivity (Wildman–Crippen MR) is 81.0 cm³/mol. The average Bonchev–Trinajstić information content (AvgIpc) is 2.54. The maximum Gasteiger partial charge on any atom is 0.351 e. The van der Waals surface area contributed by atoms with Crippen LogP contribution in [0.25, 0.3) is 0 Å². The van der Waals surface area contributed by atoms with E-state index in [1.807, 2.05) is 54.6 Å². The van der Waals surface area contributed by atoms with Gasteiger partial charge in [-0.3, -0.25) is 0 Å². The van der Waals surface area contributed by atoms with Crippen molar-refractivity contribution in [3.63, 3.8) is 0 Å². The minimum Gasteiger partial charge on any atom is -0.474 e. The summed E-state index contributed by atoms with van der Waals surface area (Å²) < 4.78 is 10.6. The molecule has 4 nitrogen and oxygen atoms in total. The Labute approximate surface area is 124 Å². The van der Waals surface area contributed by atoms with Crippen molar-refractivity contribution in [1.29, 1.82) is 0 Å². The first-order valence-corrected chi connectivity index (χ1v) is 6.83. The standard InChI is InChI=1S/C17H19NO3/c1-20-17(19)16(14-5-3-2-4-6-14)21-15-9-7-13(8-10-15)11-12-18/h2-10,16H,11-12,18H2,1H3. The molecule has 0 bridgehead atoms. The van der Waals surface area contributed by atoms with Crippen molar-refractivity contribution in [3.05, 3.63) is 65.7 Å². The van der Waals surface area contributed by atoms with Crippen LogP contribution in [0.3, 0.4) is 0 Å². The molecule has 0 aromatic heterocycles. The van der Waals surface area contributed by atoms with Gasteiger partial charge in [0.25, 0.3) is 0 Å². The van der Waals surface area contributed by atoms with E-state index in [9.17, 15) is 4.79 Å². The zero-order valence-electron chi connectivity index (χ0n) is 12.0. The Morgan fingerprint density at radius 1 is 1.10 bits per heavy atom. The van der Waals surface area contributed by atoms with Gasteiger partial charge in [0.1, 0.15) is 5.75 Å². The molecule has 0 amide bonds. The van der Waals surface area contributed by atoms with Crippen LogP contribution in [-0.4, -0.2) is 19.6 Å². The molecule has 1 atom stereocenters. The number of rotatable bonds is 6. The summed E-state index contributed by atoms with van der Waals surface area (Å²) in [6.45, 7) is 0.606. The van der Waals surface area contributed by atoms with Crippen LogP contribution in [0.5, 0.6) is 5.75 Å². The summed E-state index contributed by atoms with van der Waals surface area (Å²) in [5.41, 5.74) is 7.42. The Kier molecular flexibility index (Phi) is 5.35. The zero-order valence-corrected chi connectivity index (χ0v) is 12.0. The fourth-order valence-corrected chi connectivity index (χ4v) is 2.02. The van der Waals surface area contributed by atoms with Crippen LogP contribution in [0.4, 0.5) is 0 Å². The van der Waals surface area contributed by atoms with Gasteiger partial charge in [-0.15, -0.1) is 0 Å². The minimum atomic E-state index is -0.767. The van der Waals surface area contributed by atoms with Gasteiger partial charge in [0.2, 0.25) is 6.10 Å². The lowest BCUT2D eigenvalue weighted by Crippen LogP contribution is -2.20. The van der Waals surface area contributed by atoms with Crippen LogP contribution in [0.2, 0.25) is 0 Å². The molecule has 110 valence electrons. The Morgan fingerprint density at radius 2 is 1.76 bits per heavy atom. The summed E-state index contributed by atoms with van der Waals surface area (Å²) in [7, 11) is 1.35. The summed E-state index contributed by atoms with van der Waals surface area (Å²) in [5.74, 6) is 0.197. The van der Waals surface area contributed by atoms with Crippen LogP contribution >= 0.6 is 0 Å². The van der Waals surface area contributed by atoms with Crippen molar-refractivity contribution in [2.75, 3.05) is 13.7 Å². The molecule has 2 aromatic carbocycles. The normalized spacial score (nSPS) is 11.7. The maximum absolute atomic E-state index is 11.9. The van der Waals surface area contributed by atoms with Crippen molar-refractivity contribution < 1.29 is 14.3 Å². The molecule has 21 heavy (non-hydrogen) atoms. The maximum atomic E-state index is 11.9. The van der Waals surface area contributed by atoms with Crippen LogP contribution in [0.15, 0.2) is 54.6 Å². The van der Waals surface area contributed by atoms with Crippen molar-refractivity contribution in [2.45, 2.75) is 12.5 Å². The number of carbonyl (C=O) groups excluding carboxylic acids is 1. The summed E-state index contributed by atoms with van der Waals surface area (Å²) in [6.07, 6.45) is 0.0518. The van der Waals surface area contributed by atoms with Gasteiger partial charge in [-0.2, -0.15) is 0 Å². The summed E-state index contributed by atoms with van der Waals surface area (Å²) in [5, 5.41) is 0. The summed E-state index contributed by atoms with van der Waals surface area (Å²) in [6, 6.07) is 16.9. The zero-order chi connectivity index (χ0) is 15.1. The summed E-state index contributed by atoms with van der Waals surface area (Å²) in [4.78, 5) is 11.9. The molecule has 0 aliphatic heterocycles. The molecule has 2 N–H and O–H groups in total. The Bertz CT molecular complexity index is 566. The molecular formula is C17H19NO3. The van der Waals surface area contributed by atoms with E-state index in [1.54, 1.807) is 0 Å². The fraction of sp³-hybridized carbons (Fsp3) is 0.235. The average molecular weight is 285 g/mol. The predicted octanol–water partition coefficient (Wildman–Crippen LogP) is 2.48. The van der Waals surface area contributed by atoms with E-state index >= 15 is 0 Å². The number of esters is 1. The first-order chi connectivity index (χ1) is 10.2. The molecule has 0 saturated heterocycles. The highest BCUT2D eigenvalue weighted by atomic mass is 16.6. The van der Waals surface area contributed by atoms with Gasteiger partial charge in [-0.05, 0) is 30.7 Å². The van der Waals surface area contributed by atoms with E-state index in [4.69, 9.17) is 15.2 Å². The first kappa shape index (κ1) is 15.1. The smallest absolute Gasteiger partial charge is 0.351 e. The fourth-order valence-electron chi connectivity index (χ4n) is 2.02. The third kappa shape index (κ3) is 4.07. The van der Waals surface area contributed by atoms with Crippen LogP contribution in [0.1, 0.15) is 17.2 Å². The number of hydrogen-bond acceptors (Lipinski definition) is 4. The first-order valence-electron chi connectivity index (χ1n) is 6.83. The highest BCUT2D eigenvalue weighted by Crippen LogP contribution is 2.23. The number of carbonyl (C=O) groups is 1. The van der Waals surface area contributed by atoms with E-state index in [2.05, 4.69) is 0 Å². The molecule has 0 radical (unpaired) electrons. The Balaban J connectivity index is 2.17. The third-order valence-corrected chi connectivity index (χ3v) is 3.13. The SMILES string of the molecule is COC(=O)C(Oc1ccc(CCN)cc1)c1ccccc1. The number of benzene rings is 2. The molecule has 0 heterocycles. The third-order valence-electron chi connectivity index (χ3n) is 3.13. The van der Waals surface area contributed by atoms with Gasteiger partial charge in [-0.1, -0.05) is 42.5 Å². The van der Waals surface area contributed by atoms with Gasteiger partial charge >= 0.3 is 5.97 Å². The van der Waals surface area contributed by atoms with Crippen molar-refractivity contribution in [1.82, 2.24) is 0 Å². The second kappa shape index (κ2) is 7.45. The second-order valence-electron chi connectivity index (χ2n) is 4.61. The van der Waals surface area contributed by atoms with E-state index in [1.165, 1.54) is 7.11 Å². The molecule has 2 aromatic rings. The Morgan fingerprint density at radius 3 is 2.33 bits per heavy atom. The van der Waals surface area contributed by atoms with Crippen molar-refractivity contribution >= 4 is 5.97 Å². The molecule has 0 fully saturated rings. The number of nitrogens with two attached hydrogens (primary N) is 1. The van der Waals surface area contributed by atoms with Crippen LogP contribution in [-0.2, 0) is 16.0 Å². The molecule has 0 aliphatic rings. The van der Waals surface area contributed by atoms with E-state index in [-0.39, 0.29) is 0 Å². The molecule has 2 rings (SSSR count). The minimum absolute atomic E-state index is 0.424.